The van der Waals surface area contributed by atoms with Gasteiger partial charge in [0.15, 0.2) is 0 Å². The third-order valence-corrected chi connectivity index (χ3v) is 13.4. The van der Waals surface area contributed by atoms with Crippen LogP contribution in [0.15, 0.2) is 61.2 Å². The lowest BCUT2D eigenvalue weighted by Gasteiger charge is -2.19. The SMILES string of the molecule is CN(C)C(=O)c1cc2cnc(Cl)nc2n1C1CCCC1.CN(C)C(=O)c1cc2cnc(Nc3ccc(OCCN4CCCC4)cn3)nc2n1C1CCCC1.Nc1ccc(OCCN2CCCC2)cn1. The van der Waals surface area contributed by atoms with Crippen molar-refractivity contribution in [2.24, 2.45) is 0 Å². The molecule has 3 N–H and O–H groups in total. The maximum atomic E-state index is 12.9. The van der Waals surface area contributed by atoms with Crippen molar-refractivity contribution >= 4 is 63.1 Å². The quantitative estimate of drug-likeness (QED) is 0.100. The second kappa shape index (κ2) is 23.5. The normalized spacial score (nSPS) is 16.6. The molecule has 10 rings (SSSR count). The molecule has 368 valence electrons. The van der Waals surface area contributed by atoms with Gasteiger partial charge < -0.3 is 39.5 Å². The predicted octanol–water partition coefficient (Wildman–Crippen LogP) is 7.90. The summed E-state index contributed by atoms with van der Waals surface area (Å²) in [5.74, 6) is 3.17. The average molecular weight is 964 g/mol. The van der Waals surface area contributed by atoms with E-state index in [0.717, 1.165) is 78.9 Å². The number of rotatable bonds is 14. The Morgan fingerprint density at radius 3 is 1.58 bits per heavy atom. The Morgan fingerprint density at radius 1 is 0.638 bits per heavy atom. The minimum Gasteiger partial charge on any atom is -0.491 e. The van der Waals surface area contributed by atoms with Crippen molar-refractivity contribution in [3.63, 3.8) is 0 Å². The second-order valence-electron chi connectivity index (χ2n) is 18.7. The number of aromatic nitrogens is 8. The fraction of sp³-hybridized carbons (Fsp3) is 0.520. The number of nitrogens with zero attached hydrogens (tertiary/aromatic N) is 12. The van der Waals surface area contributed by atoms with E-state index in [2.05, 4.69) is 49.2 Å². The summed E-state index contributed by atoms with van der Waals surface area (Å²) in [6.07, 6.45) is 21.1. The highest BCUT2D eigenvalue weighted by atomic mass is 35.5. The number of hydrogen-bond acceptors (Lipinski definition) is 14. The zero-order valence-electron chi connectivity index (χ0n) is 40.5. The van der Waals surface area contributed by atoms with Gasteiger partial charge in [-0.2, -0.15) is 9.97 Å². The lowest BCUT2D eigenvalue weighted by molar-refractivity contribution is 0.0808. The topological polar surface area (TPSA) is 191 Å². The maximum Gasteiger partial charge on any atom is 0.270 e. The van der Waals surface area contributed by atoms with Gasteiger partial charge in [-0.1, -0.05) is 25.7 Å². The van der Waals surface area contributed by atoms with E-state index in [9.17, 15) is 9.59 Å². The largest absolute Gasteiger partial charge is 0.491 e. The molecule has 2 saturated carbocycles. The van der Waals surface area contributed by atoms with E-state index in [0.29, 0.717) is 41.6 Å². The van der Waals surface area contributed by atoms with Crippen LogP contribution in [0.25, 0.3) is 22.1 Å². The maximum absolute atomic E-state index is 12.9. The third-order valence-electron chi connectivity index (χ3n) is 13.2. The van der Waals surface area contributed by atoms with Crippen LogP contribution in [0, 0.1) is 0 Å². The minimum absolute atomic E-state index is 0.00831. The van der Waals surface area contributed by atoms with Crippen LogP contribution in [0.5, 0.6) is 11.5 Å². The van der Waals surface area contributed by atoms with Crippen LogP contribution in [0.3, 0.4) is 0 Å². The molecule has 4 fully saturated rings. The fourth-order valence-electron chi connectivity index (χ4n) is 9.64. The number of nitrogens with two attached hydrogens (primary N) is 1. The number of halogens is 1. The molecule has 0 bridgehead atoms. The van der Waals surface area contributed by atoms with E-state index in [1.807, 2.05) is 30.3 Å². The van der Waals surface area contributed by atoms with Gasteiger partial charge in [0.05, 0.1) is 12.4 Å². The van der Waals surface area contributed by atoms with Crippen LogP contribution in [-0.4, -0.2) is 151 Å². The highest BCUT2D eigenvalue weighted by Gasteiger charge is 2.28. The molecule has 6 aromatic heterocycles. The highest BCUT2D eigenvalue weighted by molar-refractivity contribution is 6.28. The molecule has 19 heteroatoms. The van der Waals surface area contributed by atoms with Crippen molar-refractivity contribution in [3.8, 4) is 11.5 Å². The van der Waals surface area contributed by atoms with Crippen LogP contribution in [-0.2, 0) is 0 Å². The predicted molar refractivity (Wildman–Crippen MR) is 270 cm³/mol. The van der Waals surface area contributed by atoms with Crippen LogP contribution < -0.4 is 20.5 Å². The Balaban J connectivity index is 0.000000155. The van der Waals surface area contributed by atoms with Crippen molar-refractivity contribution in [2.75, 3.05) is 91.7 Å². The Bertz CT molecular complexity index is 2610. The summed E-state index contributed by atoms with van der Waals surface area (Å²) in [6.45, 7) is 8.11. The molecule has 2 aliphatic heterocycles. The van der Waals surface area contributed by atoms with E-state index in [4.69, 9.17) is 31.8 Å². The summed E-state index contributed by atoms with van der Waals surface area (Å²) in [6, 6.07) is 11.8. The first-order chi connectivity index (χ1) is 33.5. The molecule has 4 aliphatic rings. The summed E-state index contributed by atoms with van der Waals surface area (Å²) >= 11 is 5.92. The van der Waals surface area contributed by atoms with E-state index in [1.54, 1.807) is 68.8 Å². The molecule has 0 aromatic carbocycles. The number of carbonyl (C=O) groups excluding carboxylic acids is 2. The van der Waals surface area contributed by atoms with Crippen LogP contribution in [0.2, 0.25) is 5.28 Å². The number of nitrogen functional groups attached to an aromatic ring is 1. The number of fused-ring (bicyclic) bond motifs is 2. The van der Waals surface area contributed by atoms with E-state index >= 15 is 0 Å². The molecular weight excluding hydrogens is 896 g/mol. The molecule has 18 nitrogen and oxygen atoms in total. The van der Waals surface area contributed by atoms with Gasteiger partial charge in [-0.05, 0) is 126 Å². The van der Waals surface area contributed by atoms with E-state index in [1.165, 1.54) is 77.5 Å². The molecule has 0 radical (unpaired) electrons. The number of anilines is 3. The molecule has 2 saturated heterocycles. The Morgan fingerprint density at radius 2 is 1.12 bits per heavy atom. The van der Waals surface area contributed by atoms with Crippen molar-refractivity contribution in [3.05, 3.63) is 77.9 Å². The van der Waals surface area contributed by atoms with Gasteiger partial charge in [-0.15, -0.1) is 0 Å². The fourth-order valence-corrected chi connectivity index (χ4v) is 9.76. The van der Waals surface area contributed by atoms with Gasteiger partial charge in [-0.25, -0.2) is 19.9 Å². The average Bonchev–Trinajstić information content (AvgIpc) is 4.21. The first-order valence-corrected chi connectivity index (χ1v) is 24.9. The van der Waals surface area contributed by atoms with Crippen molar-refractivity contribution < 1.29 is 19.1 Å². The molecule has 0 spiro atoms. The summed E-state index contributed by atoms with van der Waals surface area (Å²) in [4.78, 5) is 59.3. The Hall–Kier alpha value is -6.11. The lowest BCUT2D eigenvalue weighted by atomic mass is 10.2. The number of ether oxygens (including phenoxy) is 2. The van der Waals surface area contributed by atoms with Gasteiger partial charge in [0.25, 0.3) is 11.8 Å². The van der Waals surface area contributed by atoms with Crippen LogP contribution >= 0.6 is 11.6 Å². The molecule has 0 atom stereocenters. The number of hydrogen-bond donors (Lipinski definition) is 2. The molecule has 8 heterocycles. The summed E-state index contributed by atoms with van der Waals surface area (Å²) in [7, 11) is 7.08. The lowest BCUT2D eigenvalue weighted by Crippen LogP contribution is -2.25. The first kappa shape index (κ1) is 49.3. The van der Waals surface area contributed by atoms with Gasteiger partial charge >= 0.3 is 0 Å². The highest BCUT2D eigenvalue weighted by Crippen LogP contribution is 2.36. The monoisotopic (exact) mass is 963 g/mol. The minimum atomic E-state index is -0.0126. The smallest absolute Gasteiger partial charge is 0.270 e. The molecule has 2 aliphatic carbocycles. The van der Waals surface area contributed by atoms with Crippen LogP contribution in [0.4, 0.5) is 17.6 Å². The van der Waals surface area contributed by atoms with Crippen molar-refractivity contribution in [1.29, 1.82) is 0 Å². The Labute approximate surface area is 409 Å². The van der Waals surface area contributed by atoms with Gasteiger partial charge in [0, 0.05) is 76.5 Å². The molecule has 6 aromatic rings. The number of nitrogens with one attached hydrogen (secondary N) is 1. The molecular formula is C50H67ClN14O4. The molecule has 0 unspecified atom stereocenters. The van der Waals surface area contributed by atoms with E-state index < -0.39 is 0 Å². The van der Waals surface area contributed by atoms with Gasteiger partial charge in [0.1, 0.15) is 59.0 Å². The zero-order chi connectivity index (χ0) is 48.3. The van der Waals surface area contributed by atoms with Crippen molar-refractivity contribution in [1.82, 2.24) is 58.6 Å². The van der Waals surface area contributed by atoms with Gasteiger partial charge in [0.2, 0.25) is 11.2 Å². The standard InChI is InChI=1S/C25H33N7O2.C14H17ClN4O.C11H17N3O/c1-30(2)24(33)21-15-18-16-27-25(29-23(18)32(21)19-7-3-4-8-19)28-22-10-9-20(17-26-22)34-14-13-31-11-5-6-12-31;1-18(2)13(20)11-7-9-8-16-14(15)17-12(9)19(11)10-5-3-4-6-10;12-11-4-3-10(9-13-11)15-8-7-14-5-1-2-6-14/h9-10,15-17,19H,3-8,11-14H2,1-2H3,(H,26,27,28,29);7-8,10H,3-6H2,1-2H3;3-4,9H,1-2,5-8H2,(H2,12,13). The van der Waals surface area contributed by atoms with Crippen molar-refractivity contribution in [2.45, 2.75) is 89.1 Å². The third kappa shape index (κ3) is 12.8. The number of pyridine rings is 2. The molecule has 2 amide bonds. The summed E-state index contributed by atoms with van der Waals surface area (Å²) < 4.78 is 15.6. The number of amides is 2. The zero-order valence-corrected chi connectivity index (χ0v) is 41.3. The summed E-state index contributed by atoms with van der Waals surface area (Å²) in [5.41, 5.74) is 8.38. The number of likely N-dealkylation sites (tertiary alicyclic amines) is 2. The number of carbonyl (C=O) groups is 2. The second-order valence-corrected chi connectivity index (χ2v) is 19.0. The van der Waals surface area contributed by atoms with Crippen LogP contribution in [0.1, 0.15) is 110 Å². The van der Waals surface area contributed by atoms with E-state index in [-0.39, 0.29) is 23.1 Å². The summed E-state index contributed by atoms with van der Waals surface area (Å²) in [5, 5.41) is 5.16. The Kier molecular flexibility index (Phi) is 16.8. The first-order valence-electron chi connectivity index (χ1n) is 24.5. The van der Waals surface area contributed by atoms with Gasteiger partial charge in [-0.3, -0.25) is 19.4 Å². The molecule has 69 heavy (non-hydrogen) atoms.